The highest BCUT2D eigenvalue weighted by molar-refractivity contribution is 7.03. The third kappa shape index (κ3) is 1.70. The molecule has 1 aromatic heterocycles. The SMILES string of the molecule is NC1C=C(Cc2csnn2)CC1. The molecule has 0 aliphatic heterocycles. The van der Waals surface area contributed by atoms with E-state index in [1.165, 1.54) is 17.1 Å². The van der Waals surface area contributed by atoms with Gasteiger partial charge in [0.05, 0.1) is 5.69 Å². The van der Waals surface area contributed by atoms with Gasteiger partial charge in [-0.25, -0.2) is 0 Å². The lowest BCUT2D eigenvalue weighted by atomic mass is 10.1. The van der Waals surface area contributed by atoms with Crippen molar-refractivity contribution in [3.8, 4) is 0 Å². The fourth-order valence-corrected chi connectivity index (χ4v) is 1.91. The fraction of sp³-hybridized carbons (Fsp3) is 0.500. The first kappa shape index (κ1) is 7.89. The summed E-state index contributed by atoms with van der Waals surface area (Å²) in [6, 6.07) is 0.270. The van der Waals surface area contributed by atoms with Crippen molar-refractivity contribution in [1.29, 1.82) is 0 Å². The van der Waals surface area contributed by atoms with Gasteiger partial charge in [-0.3, -0.25) is 0 Å². The second-order valence-electron chi connectivity index (χ2n) is 3.10. The van der Waals surface area contributed by atoms with Crippen molar-refractivity contribution in [2.24, 2.45) is 5.73 Å². The lowest BCUT2D eigenvalue weighted by Crippen LogP contribution is -2.11. The third-order valence-corrected chi connectivity index (χ3v) is 2.62. The molecule has 0 fully saturated rings. The number of nitrogens with zero attached hydrogens (tertiary/aromatic N) is 2. The van der Waals surface area contributed by atoms with E-state index in [4.69, 9.17) is 5.73 Å². The second kappa shape index (κ2) is 3.33. The Balaban J connectivity index is 2.00. The zero-order chi connectivity index (χ0) is 8.39. The summed E-state index contributed by atoms with van der Waals surface area (Å²) in [4.78, 5) is 0. The summed E-state index contributed by atoms with van der Waals surface area (Å²) in [6.07, 6.45) is 5.30. The maximum Gasteiger partial charge on any atom is 0.0795 e. The molecule has 0 aromatic carbocycles. The molecule has 1 aromatic rings. The predicted molar refractivity (Wildman–Crippen MR) is 48.9 cm³/mol. The van der Waals surface area contributed by atoms with Gasteiger partial charge in [0.25, 0.3) is 0 Å². The standard InChI is InChI=1S/C8H11N3S/c9-7-2-1-6(3-7)4-8-5-12-11-10-8/h3,5,7H,1-2,4,9H2. The summed E-state index contributed by atoms with van der Waals surface area (Å²) in [6.45, 7) is 0. The molecule has 0 bridgehead atoms. The first-order chi connectivity index (χ1) is 5.84. The maximum absolute atomic E-state index is 5.74. The summed E-state index contributed by atoms with van der Waals surface area (Å²) < 4.78 is 3.82. The van der Waals surface area contributed by atoms with Crippen LogP contribution in [0.25, 0.3) is 0 Å². The molecule has 0 saturated heterocycles. The first-order valence-electron chi connectivity index (χ1n) is 4.05. The highest BCUT2D eigenvalue weighted by atomic mass is 32.1. The van der Waals surface area contributed by atoms with Crippen molar-refractivity contribution in [1.82, 2.24) is 9.59 Å². The van der Waals surface area contributed by atoms with Gasteiger partial charge >= 0.3 is 0 Å². The quantitative estimate of drug-likeness (QED) is 0.696. The van der Waals surface area contributed by atoms with Gasteiger partial charge < -0.3 is 5.73 Å². The summed E-state index contributed by atoms with van der Waals surface area (Å²) in [5, 5.41) is 5.98. The molecule has 4 heteroatoms. The molecule has 1 atom stereocenters. The Morgan fingerprint density at radius 1 is 1.67 bits per heavy atom. The Hall–Kier alpha value is -0.740. The molecule has 1 aliphatic carbocycles. The van der Waals surface area contributed by atoms with E-state index >= 15 is 0 Å². The molecular weight excluding hydrogens is 170 g/mol. The smallest absolute Gasteiger partial charge is 0.0795 e. The molecule has 2 N–H and O–H groups in total. The van der Waals surface area contributed by atoms with Gasteiger partial charge in [-0.05, 0) is 24.4 Å². The van der Waals surface area contributed by atoms with Gasteiger partial charge in [0.1, 0.15) is 0 Å². The van der Waals surface area contributed by atoms with Crippen LogP contribution in [0.2, 0.25) is 0 Å². The van der Waals surface area contributed by atoms with E-state index in [0.717, 1.165) is 25.0 Å². The van der Waals surface area contributed by atoms with Crippen LogP contribution >= 0.6 is 11.5 Å². The first-order valence-corrected chi connectivity index (χ1v) is 4.89. The molecule has 0 amide bonds. The zero-order valence-corrected chi connectivity index (χ0v) is 7.55. The Labute approximate surface area is 75.5 Å². The number of hydrogen-bond acceptors (Lipinski definition) is 4. The largest absolute Gasteiger partial charge is 0.324 e. The number of allylic oxidation sites excluding steroid dienone is 1. The van der Waals surface area contributed by atoms with Gasteiger partial charge in [0.15, 0.2) is 0 Å². The molecule has 0 radical (unpaired) electrons. The maximum atomic E-state index is 5.74. The summed E-state index contributed by atoms with van der Waals surface area (Å²) in [5.41, 5.74) is 8.23. The lowest BCUT2D eigenvalue weighted by molar-refractivity contribution is 0.768. The summed E-state index contributed by atoms with van der Waals surface area (Å²) in [5.74, 6) is 0. The van der Waals surface area contributed by atoms with Gasteiger partial charge in [-0.15, -0.1) is 5.10 Å². The summed E-state index contributed by atoms with van der Waals surface area (Å²) in [7, 11) is 0. The Morgan fingerprint density at radius 2 is 2.58 bits per heavy atom. The molecule has 1 aliphatic rings. The molecule has 2 rings (SSSR count). The highest BCUT2D eigenvalue weighted by Crippen LogP contribution is 2.20. The third-order valence-electron chi connectivity index (χ3n) is 2.06. The minimum atomic E-state index is 0.270. The van der Waals surface area contributed by atoms with E-state index in [-0.39, 0.29) is 6.04 Å². The van der Waals surface area contributed by atoms with Crippen LogP contribution in [0.15, 0.2) is 17.0 Å². The number of aromatic nitrogens is 2. The van der Waals surface area contributed by atoms with Crippen molar-refractivity contribution in [2.75, 3.05) is 0 Å². The van der Waals surface area contributed by atoms with Crippen molar-refractivity contribution in [2.45, 2.75) is 25.3 Å². The van der Waals surface area contributed by atoms with Crippen LogP contribution in [0.1, 0.15) is 18.5 Å². The molecule has 1 unspecified atom stereocenters. The van der Waals surface area contributed by atoms with E-state index in [0.29, 0.717) is 0 Å². The van der Waals surface area contributed by atoms with Crippen LogP contribution in [-0.4, -0.2) is 15.6 Å². The predicted octanol–water partition coefficient (Wildman–Crippen LogP) is 1.13. The second-order valence-corrected chi connectivity index (χ2v) is 3.71. The average molecular weight is 181 g/mol. The lowest BCUT2D eigenvalue weighted by Gasteiger charge is -1.94. The number of hydrogen-bond donors (Lipinski definition) is 1. The Kier molecular flexibility index (Phi) is 2.19. The van der Waals surface area contributed by atoms with Crippen LogP contribution in [-0.2, 0) is 6.42 Å². The van der Waals surface area contributed by atoms with Crippen LogP contribution in [0.3, 0.4) is 0 Å². The number of rotatable bonds is 2. The topological polar surface area (TPSA) is 51.8 Å². The van der Waals surface area contributed by atoms with E-state index in [1.807, 2.05) is 5.38 Å². The number of nitrogens with two attached hydrogens (primary N) is 1. The van der Waals surface area contributed by atoms with Crippen molar-refractivity contribution < 1.29 is 0 Å². The molecule has 12 heavy (non-hydrogen) atoms. The average Bonchev–Trinajstić information content (AvgIpc) is 2.63. The molecular formula is C8H11N3S. The van der Waals surface area contributed by atoms with Crippen molar-refractivity contribution >= 4 is 11.5 Å². The van der Waals surface area contributed by atoms with Crippen LogP contribution in [0.4, 0.5) is 0 Å². The minimum absolute atomic E-state index is 0.270. The Bertz CT molecular complexity index is 279. The van der Waals surface area contributed by atoms with Crippen LogP contribution in [0, 0.1) is 0 Å². The minimum Gasteiger partial charge on any atom is -0.324 e. The normalized spacial score (nSPS) is 22.8. The van der Waals surface area contributed by atoms with E-state index in [1.54, 1.807) is 0 Å². The van der Waals surface area contributed by atoms with E-state index in [9.17, 15) is 0 Å². The van der Waals surface area contributed by atoms with Crippen LogP contribution < -0.4 is 5.73 Å². The van der Waals surface area contributed by atoms with Gasteiger partial charge in [0, 0.05) is 17.8 Å². The van der Waals surface area contributed by atoms with Crippen molar-refractivity contribution in [3.05, 3.63) is 22.7 Å². The van der Waals surface area contributed by atoms with Crippen LogP contribution in [0.5, 0.6) is 0 Å². The highest BCUT2D eigenvalue weighted by Gasteiger charge is 2.12. The monoisotopic (exact) mass is 181 g/mol. The van der Waals surface area contributed by atoms with Gasteiger partial charge in [0.2, 0.25) is 0 Å². The fourth-order valence-electron chi connectivity index (χ4n) is 1.46. The molecule has 64 valence electrons. The van der Waals surface area contributed by atoms with Gasteiger partial charge in [-0.1, -0.05) is 16.1 Å². The molecule has 3 nitrogen and oxygen atoms in total. The van der Waals surface area contributed by atoms with Gasteiger partial charge in [-0.2, -0.15) is 0 Å². The molecule has 1 heterocycles. The molecule has 0 saturated carbocycles. The molecule has 0 spiro atoms. The van der Waals surface area contributed by atoms with E-state index < -0.39 is 0 Å². The summed E-state index contributed by atoms with van der Waals surface area (Å²) >= 11 is 1.40. The van der Waals surface area contributed by atoms with E-state index in [2.05, 4.69) is 15.7 Å². The zero-order valence-electron chi connectivity index (χ0n) is 6.73. The Morgan fingerprint density at radius 3 is 3.17 bits per heavy atom. The van der Waals surface area contributed by atoms with Crippen molar-refractivity contribution in [3.63, 3.8) is 0 Å².